The first-order valence-corrected chi connectivity index (χ1v) is 16.6. The molecular formula is C29H42O6P2. The molecular weight excluding hydrogens is 506 g/mol. The Morgan fingerprint density at radius 1 is 0.622 bits per heavy atom. The van der Waals surface area contributed by atoms with E-state index in [0.29, 0.717) is 25.2 Å². The van der Waals surface area contributed by atoms with Crippen molar-refractivity contribution in [2.75, 3.05) is 38.8 Å². The lowest BCUT2D eigenvalue weighted by Gasteiger charge is -2.43. The van der Waals surface area contributed by atoms with Crippen molar-refractivity contribution >= 4 is 15.2 Å². The number of aryl methyl sites for hydroxylation is 2. The van der Waals surface area contributed by atoms with E-state index in [2.05, 4.69) is 65.8 Å². The fraction of sp³-hybridized carbons (Fsp3) is 0.586. The van der Waals surface area contributed by atoms with E-state index in [9.17, 15) is 9.13 Å². The van der Waals surface area contributed by atoms with E-state index >= 15 is 0 Å². The zero-order chi connectivity index (χ0) is 27.0. The third kappa shape index (κ3) is 7.04. The topological polar surface area (TPSA) is 71.1 Å². The molecule has 2 fully saturated rings. The van der Waals surface area contributed by atoms with Gasteiger partial charge in [0.1, 0.15) is 0 Å². The second-order valence-electron chi connectivity index (χ2n) is 12.6. The van der Waals surface area contributed by atoms with Gasteiger partial charge in [0.25, 0.3) is 0 Å². The fourth-order valence-corrected chi connectivity index (χ4v) is 8.56. The first-order chi connectivity index (χ1) is 17.2. The van der Waals surface area contributed by atoms with E-state index in [1.807, 2.05) is 24.3 Å². The minimum Gasteiger partial charge on any atom is -0.308 e. The van der Waals surface area contributed by atoms with Gasteiger partial charge in [0, 0.05) is 0 Å². The highest BCUT2D eigenvalue weighted by Gasteiger charge is 2.48. The molecule has 2 aliphatic heterocycles. The summed E-state index contributed by atoms with van der Waals surface area (Å²) in [4.78, 5) is 0. The predicted molar refractivity (Wildman–Crippen MR) is 149 cm³/mol. The number of benzene rings is 2. The number of hydrogen-bond donors (Lipinski definition) is 0. The Kier molecular flexibility index (Phi) is 8.33. The molecule has 204 valence electrons. The second kappa shape index (κ2) is 10.7. The van der Waals surface area contributed by atoms with Crippen LogP contribution in [0.3, 0.4) is 0 Å². The lowest BCUT2D eigenvalue weighted by Crippen LogP contribution is -2.46. The summed E-state index contributed by atoms with van der Waals surface area (Å²) in [5, 5.41) is 0. The number of hydrogen-bond acceptors (Lipinski definition) is 6. The van der Waals surface area contributed by atoms with Gasteiger partial charge in [-0.3, -0.25) is 9.13 Å². The van der Waals surface area contributed by atoms with Gasteiger partial charge in [0.2, 0.25) is 0 Å². The lowest BCUT2D eigenvalue weighted by atomic mass is 9.83. The zero-order valence-corrected chi connectivity index (χ0v) is 24.9. The molecule has 6 nitrogen and oxygen atoms in total. The Morgan fingerprint density at radius 3 is 1.27 bits per heavy atom. The summed E-state index contributed by atoms with van der Waals surface area (Å²) in [6.07, 6.45) is 1.89. The van der Waals surface area contributed by atoms with Crippen LogP contribution in [0.15, 0.2) is 48.5 Å². The van der Waals surface area contributed by atoms with Crippen LogP contribution in [0.5, 0.6) is 0 Å². The Labute approximate surface area is 222 Å². The van der Waals surface area contributed by atoms with Gasteiger partial charge in [-0.05, 0) is 45.9 Å². The maximum atomic E-state index is 13.3. The first-order valence-electron chi connectivity index (χ1n) is 13.2. The smallest absolute Gasteiger partial charge is 0.308 e. The van der Waals surface area contributed by atoms with E-state index in [1.165, 1.54) is 11.1 Å². The van der Waals surface area contributed by atoms with Crippen molar-refractivity contribution in [1.29, 1.82) is 0 Å². The van der Waals surface area contributed by atoms with Crippen molar-refractivity contribution in [2.24, 2.45) is 5.41 Å². The molecule has 37 heavy (non-hydrogen) atoms. The third-order valence-electron chi connectivity index (χ3n) is 7.23. The molecule has 0 atom stereocenters. The van der Waals surface area contributed by atoms with E-state index in [1.54, 1.807) is 0 Å². The average molecular weight is 549 g/mol. The van der Waals surface area contributed by atoms with Crippen LogP contribution >= 0.6 is 15.2 Å². The molecule has 2 saturated heterocycles. The average Bonchev–Trinajstić information content (AvgIpc) is 2.85. The summed E-state index contributed by atoms with van der Waals surface area (Å²) < 4.78 is 50.0. The van der Waals surface area contributed by atoms with Gasteiger partial charge in [-0.1, -0.05) is 90.1 Å². The molecule has 4 rings (SSSR count). The van der Waals surface area contributed by atoms with Crippen LogP contribution in [0, 0.1) is 5.41 Å². The second-order valence-corrected chi connectivity index (χ2v) is 16.9. The van der Waals surface area contributed by atoms with Gasteiger partial charge in [0.05, 0.1) is 44.2 Å². The normalized spacial score (nSPS) is 28.9. The van der Waals surface area contributed by atoms with E-state index < -0.39 is 20.6 Å². The molecule has 0 amide bonds. The highest BCUT2D eigenvalue weighted by molar-refractivity contribution is 7.54. The van der Waals surface area contributed by atoms with Crippen LogP contribution < -0.4 is 0 Å². The Bertz CT molecular complexity index is 1070. The molecule has 2 aromatic rings. The van der Waals surface area contributed by atoms with Crippen LogP contribution in [-0.2, 0) is 50.9 Å². The Balaban J connectivity index is 1.31. The van der Waals surface area contributed by atoms with E-state index in [4.69, 9.17) is 18.1 Å². The highest BCUT2D eigenvalue weighted by Crippen LogP contribution is 2.59. The molecule has 0 aromatic heterocycles. The lowest BCUT2D eigenvalue weighted by molar-refractivity contribution is -0.0683. The molecule has 8 heteroatoms. The van der Waals surface area contributed by atoms with Crippen LogP contribution in [-0.4, -0.2) is 38.8 Å². The standard InChI is InChI=1S/C29H42O6P2/c1-27(2,3)25-13-9-7-11-23(25)15-17-36(30)32-19-29(20-33-36)21-34-37(31,35-22-29)18-16-24-12-8-10-14-26(24)28(4,5)6/h7-14H,15-22H2,1-6H3. The minimum atomic E-state index is -3.23. The molecule has 2 heterocycles. The fourth-order valence-electron chi connectivity index (χ4n) is 4.98. The van der Waals surface area contributed by atoms with Crippen molar-refractivity contribution in [2.45, 2.75) is 65.2 Å². The largest absolute Gasteiger partial charge is 0.331 e. The Morgan fingerprint density at radius 2 is 0.946 bits per heavy atom. The van der Waals surface area contributed by atoms with Crippen LogP contribution in [0.2, 0.25) is 0 Å². The van der Waals surface area contributed by atoms with Gasteiger partial charge >= 0.3 is 15.2 Å². The van der Waals surface area contributed by atoms with Crippen molar-refractivity contribution < 1.29 is 27.2 Å². The summed E-state index contributed by atoms with van der Waals surface area (Å²) in [6.45, 7) is 13.9. The van der Waals surface area contributed by atoms with Gasteiger partial charge in [-0.15, -0.1) is 0 Å². The molecule has 1 spiro atoms. The SMILES string of the molecule is CC(C)(C)c1ccccc1CCP1(=O)OCC2(CO1)COP(=O)(CCc1ccccc1C(C)(C)C)OC2. The van der Waals surface area contributed by atoms with Gasteiger partial charge < -0.3 is 18.1 Å². The van der Waals surface area contributed by atoms with Crippen LogP contribution in [0.25, 0.3) is 0 Å². The van der Waals surface area contributed by atoms with E-state index in [-0.39, 0.29) is 37.3 Å². The van der Waals surface area contributed by atoms with Gasteiger partial charge in [-0.25, -0.2) is 0 Å². The molecule has 0 aliphatic carbocycles. The number of rotatable bonds is 6. The first kappa shape index (κ1) is 28.7. The molecule has 0 radical (unpaired) electrons. The molecule has 0 unspecified atom stereocenters. The summed E-state index contributed by atoms with van der Waals surface area (Å²) in [5.41, 5.74) is 4.22. The van der Waals surface area contributed by atoms with Crippen molar-refractivity contribution in [3.8, 4) is 0 Å². The van der Waals surface area contributed by atoms with Crippen molar-refractivity contribution in [1.82, 2.24) is 0 Å². The summed E-state index contributed by atoms with van der Waals surface area (Å²) in [6, 6.07) is 16.5. The van der Waals surface area contributed by atoms with Crippen LogP contribution in [0.4, 0.5) is 0 Å². The molecule has 2 aromatic carbocycles. The summed E-state index contributed by atoms with van der Waals surface area (Å²) in [5.74, 6) is 0. The van der Waals surface area contributed by atoms with Gasteiger partial charge in [0.15, 0.2) is 0 Å². The maximum absolute atomic E-state index is 13.3. The minimum absolute atomic E-state index is 0.00294. The molecule has 0 N–H and O–H groups in total. The van der Waals surface area contributed by atoms with Crippen LogP contribution in [0.1, 0.15) is 63.8 Å². The molecule has 2 aliphatic rings. The summed E-state index contributed by atoms with van der Waals surface area (Å²) >= 11 is 0. The van der Waals surface area contributed by atoms with Gasteiger partial charge in [-0.2, -0.15) is 0 Å². The van der Waals surface area contributed by atoms with Crippen molar-refractivity contribution in [3.63, 3.8) is 0 Å². The molecule has 0 saturated carbocycles. The zero-order valence-electron chi connectivity index (χ0n) is 23.1. The monoisotopic (exact) mass is 548 g/mol. The Hall–Kier alpha value is -1.26. The highest BCUT2D eigenvalue weighted by atomic mass is 31.2. The van der Waals surface area contributed by atoms with Crippen molar-refractivity contribution in [3.05, 3.63) is 70.8 Å². The maximum Gasteiger partial charge on any atom is 0.331 e. The summed E-state index contributed by atoms with van der Waals surface area (Å²) in [7, 11) is -6.46. The third-order valence-corrected chi connectivity index (χ3v) is 10.9. The van der Waals surface area contributed by atoms with E-state index in [0.717, 1.165) is 11.1 Å². The predicted octanol–water partition coefficient (Wildman–Crippen LogP) is 7.53. The quantitative estimate of drug-likeness (QED) is 0.348. The molecule has 0 bridgehead atoms.